The van der Waals surface area contributed by atoms with Gasteiger partial charge in [0.15, 0.2) is 18.5 Å². The van der Waals surface area contributed by atoms with E-state index in [2.05, 4.69) is 28.8 Å². The molecule has 1 aromatic heterocycles. The van der Waals surface area contributed by atoms with Gasteiger partial charge in [0, 0.05) is 12.5 Å². The van der Waals surface area contributed by atoms with Crippen LogP contribution in [-0.4, -0.2) is 5.11 Å². The van der Waals surface area contributed by atoms with Crippen molar-refractivity contribution in [2.75, 3.05) is 0 Å². The number of pyridine rings is 1. The molecule has 0 amide bonds. The summed E-state index contributed by atoms with van der Waals surface area (Å²) >= 11 is 0. The molecule has 0 bridgehead atoms. The smallest absolute Gasteiger partial charge is 0.254 e. The van der Waals surface area contributed by atoms with Crippen molar-refractivity contribution in [1.82, 2.24) is 0 Å². The summed E-state index contributed by atoms with van der Waals surface area (Å²) in [5.41, 5.74) is 2.21. The Morgan fingerprint density at radius 2 is 1.63 bits per heavy atom. The zero-order valence-corrected chi connectivity index (χ0v) is 10.7. The van der Waals surface area contributed by atoms with Crippen LogP contribution >= 0.6 is 0 Å². The van der Waals surface area contributed by atoms with Crippen molar-refractivity contribution in [3.63, 3.8) is 0 Å². The van der Waals surface area contributed by atoms with E-state index in [1.54, 1.807) is 6.07 Å². The highest BCUT2D eigenvalue weighted by molar-refractivity contribution is 5.80. The summed E-state index contributed by atoms with van der Waals surface area (Å²) in [5.74, 6) is 0.339. The van der Waals surface area contributed by atoms with Crippen molar-refractivity contribution in [3.8, 4) is 5.75 Å². The van der Waals surface area contributed by atoms with E-state index in [0.29, 0.717) is 5.75 Å². The zero-order chi connectivity index (χ0) is 13.1. The fourth-order valence-electron chi connectivity index (χ4n) is 2.40. The Hall–Kier alpha value is -2.35. The second-order valence-corrected chi connectivity index (χ2v) is 4.65. The Morgan fingerprint density at radius 1 is 0.842 bits per heavy atom. The molecule has 0 saturated heterocycles. The molecule has 2 aromatic carbocycles. The second-order valence-electron chi connectivity index (χ2n) is 4.65. The monoisotopic (exact) mass is 250 g/mol. The fraction of sp³-hybridized carbons (Fsp3) is 0.118. The van der Waals surface area contributed by atoms with Gasteiger partial charge in [-0.2, -0.15) is 4.57 Å². The van der Waals surface area contributed by atoms with Crippen LogP contribution in [0.15, 0.2) is 66.9 Å². The van der Waals surface area contributed by atoms with E-state index in [0.717, 1.165) is 23.9 Å². The average Bonchev–Trinajstić information content (AvgIpc) is 2.46. The number of benzene rings is 2. The second kappa shape index (κ2) is 5.11. The fourth-order valence-corrected chi connectivity index (χ4v) is 2.40. The normalized spacial score (nSPS) is 10.7. The Morgan fingerprint density at radius 3 is 2.47 bits per heavy atom. The molecule has 3 aromatic rings. The molecule has 0 aliphatic heterocycles. The molecular formula is C17H16NO+. The Bertz CT molecular complexity index is 687. The van der Waals surface area contributed by atoms with Gasteiger partial charge in [-0.15, -0.1) is 0 Å². The lowest BCUT2D eigenvalue weighted by molar-refractivity contribution is -0.671. The number of hydrogen-bond donors (Lipinski definition) is 1. The number of rotatable bonds is 3. The summed E-state index contributed by atoms with van der Waals surface area (Å²) in [7, 11) is 0. The number of nitrogens with zero attached hydrogens (tertiary/aromatic N) is 1. The van der Waals surface area contributed by atoms with Crippen molar-refractivity contribution >= 4 is 10.9 Å². The molecule has 0 saturated carbocycles. The van der Waals surface area contributed by atoms with Crippen LogP contribution in [0.2, 0.25) is 0 Å². The number of aromatic nitrogens is 1. The van der Waals surface area contributed by atoms with Crippen LogP contribution in [0.5, 0.6) is 5.75 Å². The van der Waals surface area contributed by atoms with E-state index >= 15 is 0 Å². The van der Waals surface area contributed by atoms with E-state index in [-0.39, 0.29) is 0 Å². The van der Waals surface area contributed by atoms with Crippen molar-refractivity contribution in [3.05, 3.63) is 72.4 Å². The highest BCUT2D eigenvalue weighted by atomic mass is 16.3. The molecule has 2 heteroatoms. The number of fused-ring (bicyclic) bond motifs is 1. The molecule has 1 N–H and O–H groups in total. The minimum Gasteiger partial charge on any atom is -0.502 e. The number of aromatic hydroxyl groups is 1. The predicted molar refractivity (Wildman–Crippen MR) is 76.0 cm³/mol. The molecule has 0 fully saturated rings. The first kappa shape index (κ1) is 11.7. The number of phenols is 1. The third-order valence-electron chi connectivity index (χ3n) is 3.36. The van der Waals surface area contributed by atoms with Crippen LogP contribution in [-0.2, 0) is 13.0 Å². The lowest BCUT2D eigenvalue weighted by Crippen LogP contribution is -2.35. The first-order valence-electron chi connectivity index (χ1n) is 6.49. The lowest BCUT2D eigenvalue weighted by Gasteiger charge is -2.03. The molecule has 0 radical (unpaired) electrons. The summed E-state index contributed by atoms with van der Waals surface area (Å²) in [6, 6.07) is 20.1. The number of para-hydroxylation sites is 1. The molecule has 2 nitrogen and oxygen atoms in total. The predicted octanol–water partition coefficient (Wildman–Crippen LogP) is 3.08. The first-order chi connectivity index (χ1) is 9.34. The topological polar surface area (TPSA) is 24.1 Å². The van der Waals surface area contributed by atoms with Crippen LogP contribution in [0.3, 0.4) is 0 Å². The van der Waals surface area contributed by atoms with Crippen LogP contribution in [0, 0.1) is 0 Å². The van der Waals surface area contributed by atoms with Crippen molar-refractivity contribution < 1.29 is 9.67 Å². The van der Waals surface area contributed by atoms with Crippen molar-refractivity contribution in [2.24, 2.45) is 0 Å². The van der Waals surface area contributed by atoms with Gasteiger partial charge in [0.05, 0.1) is 5.39 Å². The molecule has 0 atom stereocenters. The van der Waals surface area contributed by atoms with Crippen molar-refractivity contribution in [1.29, 1.82) is 0 Å². The van der Waals surface area contributed by atoms with Gasteiger partial charge >= 0.3 is 0 Å². The minimum absolute atomic E-state index is 0.339. The number of hydrogen-bond acceptors (Lipinski definition) is 1. The van der Waals surface area contributed by atoms with Crippen LogP contribution in [0.4, 0.5) is 0 Å². The highest BCUT2D eigenvalue weighted by Gasteiger charge is 2.12. The largest absolute Gasteiger partial charge is 0.502 e. The summed E-state index contributed by atoms with van der Waals surface area (Å²) in [6.07, 6.45) is 2.98. The van der Waals surface area contributed by atoms with Gasteiger partial charge in [-0.05, 0) is 23.8 Å². The van der Waals surface area contributed by atoms with Crippen molar-refractivity contribution in [2.45, 2.75) is 13.0 Å². The zero-order valence-electron chi connectivity index (χ0n) is 10.7. The summed E-state index contributed by atoms with van der Waals surface area (Å²) in [5, 5.41) is 11.1. The molecular weight excluding hydrogens is 234 g/mol. The van der Waals surface area contributed by atoms with Crippen LogP contribution < -0.4 is 4.57 Å². The average molecular weight is 250 g/mol. The van der Waals surface area contributed by atoms with Gasteiger partial charge in [0.25, 0.3) is 5.52 Å². The van der Waals surface area contributed by atoms with Crippen LogP contribution in [0.25, 0.3) is 10.9 Å². The summed E-state index contributed by atoms with van der Waals surface area (Å²) < 4.78 is 2.11. The van der Waals surface area contributed by atoms with E-state index in [4.69, 9.17) is 0 Å². The maximum atomic E-state index is 10.0. The van der Waals surface area contributed by atoms with Gasteiger partial charge in [0.1, 0.15) is 0 Å². The standard InChI is InChI=1S/C17H15NO/c19-16-10-4-8-15-9-5-12-18(17(15)16)13-11-14-6-2-1-3-7-14/h1-10,12H,11,13H2/p+1. The Kier molecular flexibility index (Phi) is 3.15. The molecule has 0 aliphatic rings. The quantitative estimate of drug-likeness (QED) is 0.710. The highest BCUT2D eigenvalue weighted by Crippen LogP contribution is 2.20. The first-order valence-corrected chi connectivity index (χ1v) is 6.49. The molecule has 1 heterocycles. The Balaban J connectivity index is 1.93. The lowest BCUT2D eigenvalue weighted by atomic mass is 10.1. The molecule has 3 rings (SSSR count). The number of phenolic OH excluding ortho intramolecular Hbond substituents is 1. The molecule has 94 valence electrons. The third kappa shape index (κ3) is 2.43. The van der Waals surface area contributed by atoms with E-state index < -0.39 is 0 Å². The maximum Gasteiger partial charge on any atom is 0.254 e. The van der Waals surface area contributed by atoms with E-state index in [1.165, 1.54) is 5.56 Å². The van der Waals surface area contributed by atoms with E-state index in [9.17, 15) is 5.11 Å². The molecule has 19 heavy (non-hydrogen) atoms. The van der Waals surface area contributed by atoms with Gasteiger partial charge in [-0.3, -0.25) is 0 Å². The SMILES string of the molecule is Oc1cccc2ccc[n+](CCc3ccccc3)c12. The maximum absolute atomic E-state index is 10.0. The summed E-state index contributed by atoms with van der Waals surface area (Å²) in [4.78, 5) is 0. The van der Waals surface area contributed by atoms with Gasteiger partial charge < -0.3 is 5.11 Å². The minimum atomic E-state index is 0.339. The van der Waals surface area contributed by atoms with Gasteiger partial charge in [-0.25, -0.2) is 0 Å². The summed E-state index contributed by atoms with van der Waals surface area (Å²) in [6.45, 7) is 0.860. The Labute approximate surface area is 112 Å². The van der Waals surface area contributed by atoms with Crippen LogP contribution in [0.1, 0.15) is 5.56 Å². The molecule has 0 aliphatic carbocycles. The van der Waals surface area contributed by atoms with E-state index in [1.807, 2.05) is 36.5 Å². The molecule has 0 unspecified atom stereocenters. The number of aryl methyl sites for hydroxylation is 2. The molecule has 0 spiro atoms. The van der Waals surface area contributed by atoms with Gasteiger partial charge in [0.2, 0.25) is 0 Å². The third-order valence-corrected chi connectivity index (χ3v) is 3.36. The van der Waals surface area contributed by atoms with Gasteiger partial charge in [-0.1, -0.05) is 36.4 Å².